The summed E-state index contributed by atoms with van der Waals surface area (Å²) in [6.45, 7) is 3.69. The fraction of sp³-hybridized carbons (Fsp3) is 0.185. The molecule has 2 aromatic carbocycles. The van der Waals surface area contributed by atoms with Gasteiger partial charge in [0.1, 0.15) is 10.6 Å². The molecule has 0 spiro atoms. The summed E-state index contributed by atoms with van der Waals surface area (Å²) >= 11 is 8.79. The highest BCUT2D eigenvalue weighted by Gasteiger charge is 2.24. The largest absolute Gasteiger partial charge is 0.507 e. The number of amides is 1. The number of phenols is 1. The van der Waals surface area contributed by atoms with Gasteiger partial charge in [-0.3, -0.25) is 14.2 Å². The first-order valence-corrected chi connectivity index (χ1v) is 13.8. The van der Waals surface area contributed by atoms with Crippen molar-refractivity contribution >= 4 is 57.0 Å². The molecule has 5 rings (SSSR count). The third-order valence-corrected chi connectivity index (χ3v) is 8.41. The van der Waals surface area contributed by atoms with E-state index in [2.05, 4.69) is 17.1 Å². The number of aromatic hydroxyl groups is 1. The molecule has 1 aliphatic carbocycles. The standard InChI is InChI=1S/C27H23ClN4O3S2/c1-2-5-16-6-3-7-17(24(16)34)14-29-31-22(33)15-36-27-30-25-23(20-8-4-9-21(20)37-25)26(35)32(27)19-12-10-18(28)11-13-19/h2-3,6-7,10-14,34H,1,4-5,8-9,15H2,(H,31,33)/b29-14+. The summed E-state index contributed by atoms with van der Waals surface area (Å²) in [5.74, 6) is -0.271. The molecule has 10 heteroatoms. The van der Waals surface area contributed by atoms with Gasteiger partial charge in [0.25, 0.3) is 11.5 Å². The fourth-order valence-corrected chi connectivity index (χ4v) is 6.54. The van der Waals surface area contributed by atoms with E-state index in [-0.39, 0.29) is 23.0 Å². The summed E-state index contributed by atoms with van der Waals surface area (Å²) in [6.07, 6.45) is 6.51. The molecule has 0 atom stereocenters. The Morgan fingerprint density at radius 1 is 1.27 bits per heavy atom. The molecule has 2 aromatic heterocycles. The summed E-state index contributed by atoms with van der Waals surface area (Å²) in [5.41, 5.74) is 5.29. The zero-order valence-electron chi connectivity index (χ0n) is 19.7. The third kappa shape index (κ3) is 5.20. The van der Waals surface area contributed by atoms with Crippen molar-refractivity contribution in [2.45, 2.75) is 30.8 Å². The molecule has 2 N–H and O–H groups in total. The molecule has 2 heterocycles. The topological polar surface area (TPSA) is 96.6 Å². The van der Waals surface area contributed by atoms with Gasteiger partial charge in [-0.1, -0.05) is 41.6 Å². The number of allylic oxidation sites excluding steroid dienone is 1. The number of para-hydroxylation sites is 1. The van der Waals surface area contributed by atoms with Crippen LogP contribution in [-0.4, -0.2) is 32.5 Å². The number of aromatic nitrogens is 2. The molecule has 37 heavy (non-hydrogen) atoms. The van der Waals surface area contributed by atoms with Gasteiger partial charge in [-0.25, -0.2) is 10.4 Å². The van der Waals surface area contributed by atoms with Crippen LogP contribution in [-0.2, 0) is 24.1 Å². The number of thioether (sulfide) groups is 1. The Morgan fingerprint density at radius 2 is 2.08 bits per heavy atom. The van der Waals surface area contributed by atoms with Crippen LogP contribution in [0, 0.1) is 0 Å². The molecular formula is C27H23ClN4O3S2. The van der Waals surface area contributed by atoms with E-state index in [1.807, 2.05) is 0 Å². The van der Waals surface area contributed by atoms with E-state index in [1.54, 1.807) is 64.4 Å². The number of fused-ring (bicyclic) bond motifs is 3. The number of nitrogens with one attached hydrogen (secondary N) is 1. The van der Waals surface area contributed by atoms with Gasteiger partial charge in [-0.2, -0.15) is 5.10 Å². The van der Waals surface area contributed by atoms with Crippen molar-refractivity contribution in [1.82, 2.24) is 15.0 Å². The second-order valence-corrected chi connectivity index (χ2v) is 10.9. The number of thiophene rings is 1. The van der Waals surface area contributed by atoms with Gasteiger partial charge in [0, 0.05) is 15.5 Å². The minimum atomic E-state index is -0.367. The van der Waals surface area contributed by atoms with Crippen molar-refractivity contribution in [1.29, 1.82) is 0 Å². The Bertz CT molecular complexity index is 1590. The second kappa shape index (κ2) is 10.9. The van der Waals surface area contributed by atoms with Gasteiger partial charge >= 0.3 is 0 Å². The molecular weight excluding hydrogens is 528 g/mol. The Kier molecular flexibility index (Phi) is 7.45. The van der Waals surface area contributed by atoms with E-state index in [0.717, 1.165) is 42.2 Å². The van der Waals surface area contributed by atoms with Crippen LogP contribution in [0.15, 0.2) is 70.2 Å². The zero-order valence-corrected chi connectivity index (χ0v) is 22.1. The van der Waals surface area contributed by atoms with Crippen LogP contribution in [0.5, 0.6) is 5.75 Å². The maximum Gasteiger partial charge on any atom is 0.267 e. The molecule has 1 amide bonds. The number of carbonyl (C=O) groups is 1. The van der Waals surface area contributed by atoms with E-state index in [4.69, 9.17) is 16.6 Å². The Balaban J connectivity index is 1.38. The normalized spacial score (nSPS) is 12.8. The molecule has 7 nitrogen and oxygen atoms in total. The van der Waals surface area contributed by atoms with Crippen LogP contribution in [0.4, 0.5) is 0 Å². The molecule has 0 saturated carbocycles. The number of phenolic OH excluding ortho intramolecular Hbond substituents is 1. The van der Waals surface area contributed by atoms with Gasteiger partial charge in [0.15, 0.2) is 5.16 Å². The summed E-state index contributed by atoms with van der Waals surface area (Å²) in [6, 6.07) is 12.3. The molecule has 0 radical (unpaired) electrons. The Morgan fingerprint density at radius 3 is 2.86 bits per heavy atom. The minimum absolute atomic E-state index is 0.00352. The predicted molar refractivity (Wildman–Crippen MR) is 151 cm³/mol. The highest BCUT2D eigenvalue weighted by Crippen LogP contribution is 2.36. The smallest absolute Gasteiger partial charge is 0.267 e. The van der Waals surface area contributed by atoms with Crippen LogP contribution in [0.3, 0.4) is 0 Å². The number of carbonyl (C=O) groups excluding carboxylic acids is 1. The molecule has 1 aliphatic rings. The molecule has 188 valence electrons. The van der Waals surface area contributed by atoms with Crippen molar-refractivity contribution in [2.75, 3.05) is 5.75 Å². The SMILES string of the molecule is C=CCc1cccc(/C=N/NC(=O)CSc2nc3sc4c(c3c(=O)n2-c2ccc(Cl)cc2)CCC4)c1O. The van der Waals surface area contributed by atoms with Crippen molar-refractivity contribution in [2.24, 2.45) is 5.10 Å². The first-order valence-electron chi connectivity index (χ1n) is 11.7. The van der Waals surface area contributed by atoms with Gasteiger partial charge in [-0.15, -0.1) is 17.9 Å². The van der Waals surface area contributed by atoms with Crippen LogP contribution >= 0.6 is 34.7 Å². The van der Waals surface area contributed by atoms with E-state index >= 15 is 0 Å². The minimum Gasteiger partial charge on any atom is -0.507 e. The van der Waals surface area contributed by atoms with Crippen LogP contribution in [0.1, 0.15) is 28.0 Å². The quantitative estimate of drug-likeness (QED) is 0.102. The van der Waals surface area contributed by atoms with Gasteiger partial charge in [0.2, 0.25) is 0 Å². The second-order valence-electron chi connectivity index (χ2n) is 8.48. The van der Waals surface area contributed by atoms with Crippen LogP contribution < -0.4 is 11.0 Å². The van der Waals surface area contributed by atoms with Gasteiger partial charge in [0.05, 0.1) is 23.0 Å². The van der Waals surface area contributed by atoms with E-state index in [9.17, 15) is 14.7 Å². The highest BCUT2D eigenvalue weighted by molar-refractivity contribution is 7.99. The van der Waals surface area contributed by atoms with Crippen molar-refractivity contribution in [3.05, 3.63) is 92.1 Å². The van der Waals surface area contributed by atoms with E-state index < -0.39 is 0 Å². The molecule has 0 unspecified atom stereocenters. The lowest BCUT2D eigenvalue weighted by molar-refractivity contribution is -0.118. The number of hydrazone groups is 1. The first-order chi connectivity index (χ1) is 18.0. The summed E-state index contributed by atoms with van der Waals surface area (Å²) < 4.78 is 1.55. The lowest BCUT2D eigenvalue weighted by Gasteiger charge is -2.12. The number of nitrogens with zero attached hydrogens (tertiary/aromatic N) is 3. The van der Waals surface area contributed by atoms with E-state index in [1.165, 1.54) is 11.1 Å². The number of halogens is 1. The number of hydrogen-bond acceptors (Lipinski definition) is 7. The van der Waals surface area contributed by atoms with E-state index in [0.29, 0.717) is 38.1 Å². The molecule has 0 aliphatic heterocycles. The van der Waals surface area contributed by atoms with Crippen molar-refractivity contribution < 1.29 is 9.90 Å². The Hall–Kier alpha value is -3.40. The molecule has 4 aromatic rings. The lowest BCUT2D eigenvalue weighted by Crippen LogP contribution is -2.24. The third-order valence-electron chi connectivity index (χ3n) is 6.03. The average Bonchev–Trinajstić information content (AvgIpc) is 3.47. The Labute approximate surface area is 226 Å². The van der Waals surface area contributed by atoms with Crippen molar-refractivity contribution in [3.63, 3.8) is 0 Å². The van der Waals surface area contributed by atoms with Crippen LogP contribution in [0.25, 0.3) is 15.9 Å². The number of hydrogen-bond donors (Lipinski definition) is 2. The number of aryl methyl sites for hydroxylation is 2. The molecule has 0 bridgehead atoms. The summed E-state index contributed by atoms with van der Waals surface area (Å²) in [4.78, 5) is 32.9. The van der Waals surface area contributed by atoms with Crippen molar-refractivity contribution in [3.8, 4) is 11.4 Å². The van der Waals surface area contributed by atoms with Crippen LogP contribution in [0.2, 0.25) is 5.02 Å². The number of rotatable bonds is 8. The fourth-order valence-electron chi connectivity index (χ4n) is 4.31. The molecule has 0 saturated heterocycles. The summed E-state index contributed by atoms with van der Waals surface area (Å²) in [5, 5.41) is 16.0. The van der Waals surface area contributed by atoms with Gasteiger partial charge < -0.3 is 5.11 Å². The highest BCUT2D eigenvalue weighted by atomic mass is 35.5. The monoisotopic (exact) mass is 550 g/mol. The molecule has 0 fully saturated rings. The zero-order chi connectivity index (χ0) is 25.9. The summed E-state index contributed by atoms with van der Waals surface area (Å²) in [7, 11) is 0. The maximum atomic E-state index is 13.7. The lowest BCUT2D eigenvalue weighted by atomic mass is 10.1. The predicted octanol–water partition coefficient (Wildman–Crippen LogP) is 5.27. The first kappa shape index (κ1) is 25.3. The maximum absolute atomic E-state index is 13.7. The van der Waals surface area contributed by atoms with Gasteiger partial charge in [-0.05, 0) is 67.1 Å². The average molecular weight is 551 g/mol. The number of benzene rings is 2.